The molecule has 0 aromatic heterocycles. The average molecular weight is 389 g/mol. The Labute approximate surface area is 169 Å². The molecule has 2 N–H and O–H groups in total. The summed E-state index contributed by atoms with van der Waals surface area (Å²) in [6, 6.07) is 0. The van der Waals surface area contributed by atoms with Crippen molar-refractivity contribution in [3.63, 3.8) is 0 Å². The van der Waals surface area contributed by atoms with Crippen molar-refractivity contribution in [1.29, 1.82) is 0 Å². The molecule has 0 aromatic rings. The van der Waals surface area contributed by atoms with E-state index in [0.29, 0.717) is 17.3 Å². The lowest BCUT2D eigenvalue weighted by molar-refractivity contribution is -0.158. The highest BCUT2D eigenvalue weighted by Gasteiger charge is 2.58. The first kappa shape index (κ1) is 19.8. The largest absolute Gasteiger partial charge is 0.463 e. The second-order valence-electron chi connectivity index (χ2n) is 10.3. The summed E-state index contributed by atoms with van der Waals surface area (Å²) in [6.45, 7) is 8.01. The minimum absolute atomic E-state index is 0.0424. The molecular weight excluding hydrogens is 352 g/mol. The number of amides is 1. The lowest BCUT2D eigenvalue weighted by Gasteiger charge is -2.60. The fourth-order valence-corrected chi connectivity index (χ4v) is 7.48. The molecule has 1 amide bonds. The van der Waals surface area contributed by atoms with Crippen molar-refractivity contribution in [2.75, 3.05) is 0 Å². The summed E-state index contributed by atoms with van der Waals surface area (Å²) in [5, 5.41) is 0. The van der Waals surface area contributed by atoms with Gasteiger partial charge in [0.15, 0.2) is 0 Å². The molecule has 3 saturated carbocycles. The second-order valence-corrected chi connectivity index (χ2v) is 10.3. The van der Waals surface area contributed by atoms with Crippen LogP contribution in [0, 0.1) is 34.5 Å². The van der Waals surface area contributed by atoms with E-state index in [1.165, 1.54) is 44.7 Å². The Morgan fingerprint density at radius 1 is 1.07 bits per heavy atom. The average Bonchev–Trinajstić information content (AvgIpc) is 2.96. The molecule has 5 heteroatoms. The van der Waals surface area contributed by atoms with Gasteiger partial charge in [-0.25, -0.2) is 0 Å². The molecule has 0 spiro atoms. The van der Waals surface area contributed by atoms with Crippen LogP contribution in [0.25, 0.3) is 0 Å². The van der Waals surface area contributed by atoms with Crippen molar-refractivity contribution >= 4 is 11.9 Å². The van der Waals surface area contributed by atoms with Crippen LogP contribution in [0.2, 0.25) is 0 Å². The topological polar surface area (TPSA) is 67.4 Å². The highest BCUT2D eigenvalue weighted by atomic mass is 16.5. The Morgan fingerprint density at radius 2 is 1.86 bits per heavy atom. The van der Waals surface area contributed by atoms with Crippen molar-refractivity contribution in [2.45, 2.75) is 85.2 Å². The summed E-state index contributed by atoms with van der Waals surface area (Å²) in [6.07, 6.45) is 11.8. The second kappa shape index (κ2) is 7.07. The maximum Gasteiger partial charge on any atom is 0.302 e. The van der Waals surface area contributed by atoms with Crippen molar-refractivity contribution in [3.05, 3.63) is 11.8 Å². The van der Waals surface area contributed by atoms with E-state index in [4.69, 9.17) is 4.74 Å². The molecule has 5 nitrogen and oxygen atoms in total. The molecule has 28 heavy (non-hydrogen) atoms. The summed E-state index contributed by atoms with van der Waals surface area (Å²) in [4.78, 5) is 22.8. The lowest BCUT2D eigenvalue weighted by Crippen LogP contribution is -2.54. The van der Waals surface area contributed by atoms with Crippen LogP contribution in [0.4, 0.5) is 0 Å². The third-order valence-corrected chi connectivity index (χ3v) is 8.90. The van der Waals surface area contributed by atoms with Gasteiger partial charge in [-0.05, 0) is 80.5 Å². The molecule has 4 aliphatic carbocycles. The number of ether oxygens (including phenoxy) is 1. The third-order valence-electron chi connectivity index (χ3n) is 8.90. The van der Waals surface area contributed by atoms with E-state index in [9.17, 15) is 9.59 Å². The van der Waals surface area contributed by atoms with Crippen molar-refractivity contribution < 1.29 is 14.3 Å². The predicted molar refractivity (Wildman–Crippen MR) is 108 cm³/mol. The van der Waals surface area contributed by atoms with E-state index in [1.807, 2.05) is 0 Å². The SMILES string of the molecule is CC(=O)NNC1=CC[C@@H]2[C@H]3CC[C@H]4C[C@@H](OC(C)=O)CC[C@]4(C)[C@H]3CC[C@]12C. The van der Waals surface area contributed by atoms with Crippen LogP contribution in [0.15, 0.2) is 11.8 Å². The fraction of sp³-hybridized carbons (Fsp3) is 0.826. The van der Waals surface area contributed by atoms with Crippen molar-refractivity contribution in [3.8, 4) is 0 Å². The first-order valence-electron chi connectivity index (χ1n) is 11.1. The van der Waals surface area contributed by atoms with E-state index < -0.39 is 0 Å². The minimum Gasteiger partial charge on any atom is -0.463 e. The molecule has 0 aromatic carbocycles. The number of hydrazine groups is 1. The van der Waals surface area contributed by atoms with E-state index in [1.54, 1.807) is 6.92 Å². The molecule has 7 atom stereocenters. The number of hydrogen-bond acceptors (Lipinski definition) is 4. The zero-order valence-corrected chi connectivity index (χ0v) is 17.8. The number of esters is 1. The summed E-state index contributed by atoms with van der Waals surface area (Å²) in [5.41, 5.74) is 7.77. The highest BCUT2D eigenvalue weighted by Crippen LogP contribution is 2.66. The van der Waals surface area contributed by atoms with Gasteiger partial charge in [-0.2, -0.15) is 0 Å². The molecule has 156 valence electrons. The first-order valence-corrected chi connectivity index (χ1v) is 11.1. The maximum absolute atomic E-state index is 11.4. The van der Waals surface area contributed by atoms with Crippen LogP contribution in [0.1, 0.15) is 79.1 Å². The van der Waals surface area contributed by atoms with Gasteiger partial charge in [-0.15, -0.1) is 0 Å². The van der Waals surface area contributed by atoms with Crippen LogP contribution in [-0.4, -0.2) is 18.0 Å². The van der Waals surface area contributed by atoms with Crippen LogP contribution in [0.5, 0.6) is 0 Å². The van der Waals surface area contributed by atoms with Gasteiger partial charge in [0.1, 0.15) is 6.10 Å². The molecule has 3 fully saturated rings. The molecule has 0 unspecified atom stereocenters. The van der Waals surface area contributed by atoms with Gasteiger partial charge < -0.3 is 10.2 Å². The number of rotatable bonds is 3. The summed E-state index contributed by atoms with van der Waals surface area (Å²) < 4.78 is 5.58. The molecule has 0 saturated heterocycles. The van der Waals surface area contributed by atoms with E-state index >= 15 is 0 Å². The molecule has 0 aliphatic heterocycles. The number of carbonyl (C=O) groups is 2. The molecule has 0 bridgehead atoms. The summed E-state index contributed by atoms with van der Waals surface area (Å²) >= 11 is 0. The fourth-order valence-electron chi connectivity index (χ4n) is 7.48. The molecular formula is C23H36N2O3. The Bertz CT molecular complexity index is 689. The molecule has 4 rings (SSSR count). The van der Waals surface area contributed by atoms with Crippen LogP contribution in [-0.2, 0) is 14.3 Å². The van der Waals surface area contributed by atoms with Crippen LogP contribution < -0.4 is 10.9 Å². The lowest BCUT2D eigenvalue weighted by atomic mass is 9.45. The van der Waals surface area contributed by atoms with Crippen LogP contribution >= 0.6 is 0 Å². The van der Waals surface area contributed by atoms with E-state index in [-0.39, 0.29) is 23.4 Å². The molecule has 4 aliphatic rings. The zero-order valence-electron chi connectivity index (χ0n) is 17.8. The summed E-state index contributed by atoms with van der Waals surface area (Å²) in [7, 11) is 0. The Balaban J connectivity index is 1.48. The van der Waals surface area contributed by atoms with Gasteiger partial charge in [0.05, 0.1) is 0 Å². The first-order chi connectivity index (χ1) is 13.2. The third kappa shape index (κ3) is 3.15. The Hall–Kier alpha value is -1.52. The molecule has 0 radical (unpaired) electrons. The number of hydrogen-bond donors (Lipinski definition) is 2. The van der Waals surface area contributed by atoms with Gasteiger partial charge in [-0.1, -0.05) is 19.9 Å². The van der Waals surface area contributed by atoms with Gasteiger partial charge in [0, 0.05) is 25.0 Å². The van der Waals surface area contributed by atoms with Gasteiger partial charge >= 0.3 is 5.97 Å². The number of allylic oxidation sites excluding steroid dienone is 2. The van der Waals surface area contributed by atoms with Gasteiger partial charge in [0.2, 0.25) is 5.91 Å². The monoisotopic (exact) mass is 388 g/mol. The highest BCUT2D eigenvalue weighted by molar-refractivity contribution is 5.72. The van der Waals surface area contributed by atoms with E-state index in [2.05, 4.69) is 30.8 Å². The minimum atomic E-state index is -0.132. The zero-order chi connectivity index (χ0) is 20.1. The van der Waals surface area contributed by atoms with Gasteiger partial charge in [0.25, 0.3) is 0 Å². The summed E-state index contributed by atoms with van der Waals surface area (Å²) in [5.74, 6) is 2.72. The number of carbonyl (C=O) groups excluding carboxylic acids is 2. The van der Waals surface area contributed by atoms with Crippen molar-refractivity contribution in [2.24, 2.45) is 34.5 Å². The Morgan fingerprint density at radius 3 is 2.57 bits per heavy atom. The van der Waals surface area contributed by atoms with Crippen LogP contribution in [0.3, 0.4) is 0 Å². The quantitative estimate of drug-likeness (QED) is 0.564. The van der Waals surface area contributed by atoms with Gasteiger partial charge in [-0.3, -0.25) is 15.0 Å². The predicted octanol–water partition coefficient (Wildman–Crippen LogP) is 4.10. The Kier molecular flexibility index (Phi) is 4.99. The van der Waals surface area contributed by atoms with E-state index in [0.717, 1.165) is 31.1 Å². The maximum atomic E-state index is 11.4. The van der Waals surface area contributed by atoms with Crippen molar-refractivity contribution in [1.82, 2.24) is 10.9 Å². The standard InChI is InChI=1S/C23H36N2O3/c1-14(26)24-25-21-8-7-19-18-6-5-16-13-17(28-15(2)27)9-11-22(16,3)20(18)10-12-23(19,21)4/h8,16-20,25H,5-7,9-13H2,1-4H3,(H,24,26)/t16-,17-,18+,19+,20-,22-,23-/m0/s1. The smallest absolute Gasteiger partial charge is 0.302 e. The normalized spacial score (nSPS) is 44.4. The molecule has 0 heterocycles. The number of fused-ring (bicyclic) bond motifs is 5. The number of nitrogens with one attached hydrogen (secondary N) is 2.